The van der Waals surface area contributed by atoms with E-state index >= 15 is 0 Å². The van der Waals surface area contributed by atoms with Crippen LogP contribution in [-0.4, -0.2) is 51.9 Å². The number of hydrogen-bond donors (Lipinski definition) is 2. The second kappa shape index (κ2) is 5.05. The van der Waals surface area contributed by atoms with Crippen LogP contribution in [-0.2, 0) is 4.79 Å². The first-order valence-electron chi connectivity index (χ1n) is 5.78. The van der Waals surface area contributed by atoms with Crippen molar-refractivity contribution in [3.63, 3.8) is 0 Å². The number of amides is 2. The number of carboxylic acids is 1. The monoisotopic (exact) mass is 263 g/mol. The summed E-state index contributed by atoms with van der Waals surface area (Å²) in [6, 6.07) is 2.12. The number of aromatic nitrogens is 1. The van der Waals surface area contributed by atoms with E-state index < -0.39 is 12.0 Å². The topological polar surface area (TPSA) is 99.6 Å². The molecule has 0 radical (unpaired) electrons. The molecule has 100 valence electrons. The van der Waals surface area contributed by atoms with Crippen molar-refractivity contribution in [3.05, 3.63) is 29.6 Å². The fraction of sp³-hybridized carbons (Fsp3) is 0.333. The maximum atomic E-state index is 12.2. The van der Waals surface area contributed by atoms with Crippen LogP contribution >= 0.6 is 0 Å². The molecule has 1 aliphatic rings. The zero-order valence-corrected chi connectivity index (χ0v) is 10.3. The summed E-state index contributed by atoms with van der Waals surface area (Å²) < 4.78 is 0. The van der Waals surface area contributed by atoms with Gasteiger partial charge in [-0.1, -0.05) is 0 Å². The van der Waals surface area contributed by atoms with E-state index in [-0.39, 0.29) is 23.1 Å². The summed E-state index contributed by atoms with van der Waals surface area (Å²) in [6.45, 7) is 2.45. The Hall–Kier alpha value is -2.44. The fourth-order valence-corrected chi connectivity index (χ4v) is 1.85. The van der Waals surface area contributed by atoms with Gasteiger partial charge in [0.2, 0.25) is 5.91 Å². The van der Waals surface area contributed by atoms with Gasteiger partial charge in [0.05, 0.1) is 5.56 Å². The summed E-state index contributed by atoms with van der Waals surface area (Å²) in [4.78, 5) is 39.6. The molecule has 1 aromatic rings. The molecule has 1 fully saturated rings. The Kier molecular flexibility index (Phi) is 3.46. The van der Waals surface area contributed by atoms with Crippen LogP contribution in [0.25, 0.3) is 0 Å². The minimum atomic E-state index is -1.10. The second-order valence-electron chi connectivity index (χ2n) is 4.20. The first kappa shape index (κ1) is 13.0. The van der Waals surface area contributed by atoms with E-state index in [1.165, 1.54) is 17.0 Å². The normalized spacial score (nSPS) is 18.9. The van der Waals surface area contributed by atoms with Crippen LogP contribution in [0.4, 0.5) is 0 Å². The molecule has 7 nitrogen and oxygen atoms in total. The summed E-state index contributed by atoms with van der Waals surface area (Å²) in [6.07, 6.45) is 1.13. The lowest BCUT2D eigenvalue weighted by Crippen LogP contribution is -2.55. The number of aromatic carboxylic acids is 1. The van der Waals surface area contributed by atoms with E-state index in [0.29, 0.717) is 13.1 Å². The number of carbonyl (C=O) groups excluding carboxylic acids is 2. The quantitative estimate of drug-likeness (QED) is 0.765. The smallest absolute Gasteiger partial charge is 0.337 e. The molecule has 7 heteroatoms. The van der Waals surface area contributed by atoms with Gasteiger partial charge in [-0.25, -0.2) is 4.79 Å². The van der Waals surface area contributed by atoms with Crippen molar-refractivity contribution in [2.24, 2.45) is 0 Å². The van der Waals surface area contributed by atoms with Crippen molar-refractivity contribution in [1.82, 2.24) is 15.2 Å². The lowest BCUT2D eigenvalue weighted by molar-refractivity contribution is -0.127. The van der Waals surface area contributed by atoms with Gasteiger partial charge < -0.3 is 15.3 Å². The van der Waals surface area contributed by atoms with Gasteiger partial charge in [-0.05, 0) is 19.1 Å². The lowest BCUT2D eigenvalue weighted by atomic mass is 10.1. The standard InChI is InChI=1S/C12H13N3O4/c1-7-10(16)13-4-5-15(7)11(17)9-3-2-8(6-14-9)12(18)19/h2-3,6-7H,4-5H2,1H3,(H,13,16)(H,18,19). The Morgan fingerprint density at radius 3 is 2.79 bits per heavy atom. The molecule has 1 unspecified atom stereocenters. The Morgan fingerprint density at radius 1 is 1.47 bits per heavy atom. The molecule has 1 aromatic heterocycles. The highest BCUT2D eigenvalue weighted by atomic mass is 16.4. The van der Waals surface area contributed by atoms with E-state index in [9.17, 15) is 14.4 Å². The third kappa shape index (κ3) is 2.54. The average Bonchev–Trinajstić information content (AvgIpc) is 2.41. The highest BCUT2D eigenvalue weighted by Gasteiger charge is 2.30. The first-order valence-corrected chi connectivity index (χ1v) is 5.78. The van der Waals surface area contributed by atoms with Gasteiger partial charge in [0.1, 0.15) is 11.7 Å². The lowest BCUT2D eigenvalue weighted by Gasteiger charge is -2.32. The zero-order chi connectivity index (χ0) is 14.0. The Bertz CT molecular complexity index is 526. The number of rotatable bonds is 2. The third-order valence-electron chi connectivity index (χ3n) is 2.99. The zero-order valence-electron chi connectivity index (χ0n) is 10.3. The van der Waals surface area contributed by atoms with E-state index in [2.05, 4.69) is 10.3 Å². The number of piperazine rings is 1. The van der Waals surface area contributed by atoms with Crippen LogP contribution in [0.1, 0.15) is 27.8 Å². The molecule has 0 saturated carbocycles. The predicted molar refractivity (Wildman–Crippen MR) is 64.7 cm³/mol. The molecule has 19 heavy (non-hydrogen) atoms. The fourth-order valence-electron chi connectivity index (χ4n) is 1.85. The van der Waals surface area contributed by atoms with Gasteiger partial charge in [-0.3, -0.25) is 14.6 Å². The second-order valence-corrected chi connectivity index (χ2v) is 4.20. The summed E-state index contributed by atoms with van der Waals surface area (Å²) in [5.41, 5.74) is 0.146. The van der Waals surface area contributed by atoms with Crippen LogP contribution in [0.2, 0.25) is 0 Å². The van der Waals surface area contributed by atoms with Crippen molar-refractivity contribution in [2.45, 2.75) is 13.0 Å². The number of pyridine rings is 1. The molecule has 2 heterocycles. The number of carbonyl (C=O) groups is 3. The number of nitrogens with one attached hydrogen (secondary N) is 1. The van der Waals surface area contributed by atoms with Crippen molar-refractivity contribution in [1.29, 1.82) is 0 Å². The largest absolute Gasteiger partial charge is 0.478 e. The van der Waals surface area contributed by atoms with Crippen molar-refractivity contribution in [3.8, 4) is 0 Å². The molecule has 0 bridgehead atoms. The molecule has 2 amide bonds. The number of carboxylic acid groups (broad SMARTS) is 1. The SMILES string of the molecule is CC1C(=O)NCCN1C(=O)c1ccc(C(=O)O)cn1. The molecule has 1 aliphatic heterocycles. The third-order valence-corrected chi connectivity index (χ3v) is 2.99. The molecule has 0 spiro atoms. The average molecular weight is 263 g/mol. The molecular formula is C12H13N3O4. The molecule has 2 rings (SSSR count). The number of nitrogens with zero attached hydrogens (tertiary/aromatic N) is 2. The highest BCUT2D eigenvalue weighted by molar-refractivity contribution is 5.97. The van der Waals surface area contributed by atoms with Gasteiger partial charge in [-0.2, -0.15) is 0 Å². The van der Waals surface area contributed by atoms with Crippen LogP contribution in [0.3, 0.4) is 0 Å². The summed E-state index contributed by atoms with van der Waals surface area (Å²) in [5.74, 6) is -1.68. The maximum Gasteiger partial charge on any atom is 0.337 e. The summed E-state index contributed by atoms with van der Waals surface area (Å²) >= 11 is 0. The molecule has 2 N–H and O–H groups in total. The maximum absolute atomic E-state index is 12.2. The van der Waals surface area contributed by atoms with Crippen LogP contribution in [0.5, 0.6) is 0 Å². The van der Waals surface area contributed by atoms with E-state index in [0.717, 1.165) is 6.20 Å². The van der Waals surface area contributed by atoms with Crippen molar-refractivity contribution in [2.75, 3.05) is 13.1 Å². The minimum absolute atomic E-state index is 0.0148. The van der Waals surface area contributed by atoms with Gasteiger partial charge in [-0.15, -0.1) is 0 Å². The minimum Gasteiger partial charge on any atom is -0.478 e. The molecule has 1 atom stereocenters. The van der Waals surface area contributed by atoms with Gasteiger partial charge in [0.25, 0.3) is 5.91 Å². The van der Waals surface area contributed by atoms with Gasteiger partial charge >= 0.3 is 5.97 Å². The Labute approximate surface area is 109 Å². The summed E-state index contributed by atoms with van der Waals surface area (Å²) in [5, 5.41) is 11.4. The number of hydrogen-bond acceptors (Lipinski definition) is 4. The van der Waals surface area contributed by atoms with Gasteiger partial charge in [0.15, 0.2) is 0 Å². The molecular weight excluding hydrogens is 250 g/mol. The Balaban J connectivity index is 2.19. The van der Waals surface area contributed by atoms with E-state index in [1.807, 2.05) is 0 Å². The predicted octanol–water partition coefficient (Wildman–Crippen LogP) is -0.260. The van der Waals surface area contributed by atoms with Gasteiger partial charge in [0, 0.05) is 19.3 Å². The Morgan fingerprint density at radius 2 is 2.21 bits per heavy atom. The highest BCUT2D eigenvalue weighted by Crippen LogP contribution is 2.10. The molecule has 0 aromatic carbocycles. The van der Waals surface area contributed by atoms with E-state index in [1.54, 1.807) is 6.92 Å². The molecule has 0 aliphatic carbocycles. The first-order chi connectivity index (χ1) is 9.00. The van der Waals surface area contributed by atoms with Crippen LogP contribution in [0.15, 0.2) is 18.3 Å². The van der Waals surface area contributed by atoms with Crippen molar-refractivity contribution >= 4 is 17.8 Å². The summed E-state index contributed by atoms with van der Waals surface area (Å²) in [7, 11) is 0. The van der Waals surface area contributed by atoms with E-state index in [4.69, 9.17) is 5.11 Å². The van der Waals surface area contributed by atoms with Crippen LogP contribution in [0, 0.1) is 0 Å². The van der Waals surface area contributed by atoms with Crippen molar-refractivity contribution < 1.29 is 19.5 Å². The molecule has 1 saturated heterocycles. The van der Waals surface area contributed by atoms with Crippen LogP contribution < -0.4 is 5.32 Å².